The molecule has 3 nitrogen and oxygen atoms in total. The Morgan fingerprint density at radius 1 is 1.32 bits per heavy atom. The van der Waals surface area contributed by atoms with Gasteiger partial charge in [-0.25, -0.2) is 0 Å². The maximum Gasteiger partial charge on any atom is 0.0751 e. The number of pyridine rings is 1. The number of benzene rings is 1. The topological polar surface area (TPSA) is 28.2 Å². The average molecular weight is 255 g/mol. The number of nitrogens with zero attached hydrogens (tertiary/aromatic N) is 2. The van der Waals surface area contributed by atoms with E-state index in [0.29, 0.717) is 12.1 Å². The van der Waals surface area contributed by atoms with Crippen LogP contribution in [0.1, 0.15) is 18.9 Å². The molecule has 1 aromatic carbocycles. The molecule has 2 atom stereocenters. The Hall–Kier alpha value is -1.61. The van der Waals surface area contributed by atoms with Crippen LogP contribution >= 0.6 is 0 Å². The van der Waals surface area contributed by atoms with Crippen LogP contribution in [0.4, 0.5) is 5.69 Å². The van der Waals surface area contributed by atoms with Gasteiger partial charge in [-0.3, -0.25) is 4.98 Å². The van der Waals surface area contributed by atoms with Crippen LogP contribution in [0.3, 0.4) is 0 Å². The van der Waals surface area contributed by atoms with Crippen LogP contribution in [0.5, 0.6) is 0 Å². The molecule has 1 saturated heterocycles. The van der Waals surface area contributed by atoms with Crippen LogP contribution in [0.2, 0.25) is 0 Å². The summed E-state index contributed by atoms with van der Waals surface area (Å²) in [5.74, 6) is 0. The van der Waals surface area contributed by atoms with Gasteiger partial charge in [0.2, 0.25) is 0 Å². The minimum Gasteiger partial charge on any atom is -0.380 e. The molecule has 2 aromatic rings. The Kier molecular flexibility index (Phi) is 3.15. The fourth-order valence-electron chi connectivity index (χ4n) is 2.96. The smallest absolute Gasteiger partial charge is 0.0751 e. The van der Waals surface area contributed by atoms with E-state index >= 15 is 0 Å². The lowest BCUT2D eigenvalue weighted by atomic mass is 10.1. The zero-order valence-corrected chi connectivity index (χ0v) is 11.9. The summed E-state index contributed by atoms with van der Waals surface area (Å²) in [6.07, 6.45) is 3.07. The molecule has 0 aliphatic carbocycles. The fourth-order valence-corrected chi connectivity index (χ4v) is 2.96. The van der Waals surface area contributed by atoms with E-state index in [9.17, 15) is 0 Å². The van der Waals surface area contributed by atoms with E-state index in [0.717, 1.165) is 12.1 Å². The van der Waals surface area contributed by atoms with Crippen molar-refractivity contribution in [3.8, 4) is 0 Å². The molecule has 0 spiro atoms. The van der Waals surface area contributed by atoms with Crippen LogP contribution in [0, 0.1) is 6.92 Å². The number of aromatic nitrogens is 1. The average Bonchev–Trinajstić information content (AvgIpc) is 2.72. The van der Waals surface area contributed by atoms with Gasteiger partial charge >= 0.3 is 0 Å². The first-order chi connectivity index (χ1) is 9.15. The lowest BCUT2D eigenvalue weighted by Gasteiger charge is -2.16. The third kappa shape index (κ3) is 2.30. The van der Waals surface area contributed by atoms with Gasteiger partial charge in [0.05, 0.1) is 5.52 Å². The second-order valence-electron chi connectivity index (χ2n) is 5.70. The van der Waals surface area contributed by atoms with Gasteiger partial charge in [-0.15, -0.1) is 0 Å². The molecule has 0 saturated carbocycles. The van der Waals surface area contributed by atoms with Gasteiger partial charge in [0, 0.05) is 35.9 Å². The van der Waals surface area contributed by atoms with Gasteiger partial charge < -0.3 is 10.2 Å². The number of aryl methyl sites for hydroxylation is 1. The summed E-state index contributed by atoms with van der Waals surface area (Å²) in [5, 5.41) is 4.92. The van der Waals surface area contributed by atoms with Gasteiger partial charge in [-0.05, 0) is 51.1 Å². The highest BCUT2D eigenvalue weighted by molar-refractivity contribution is 5.93. The zero-order chi connectivity index (χ0) is 13.4. The van der Waals surface area contributed by atoms with E-state index < -0.39 is 0 Å². The van der Waals surface area contributed by atoms with E-state index in [1.54, 1.807) is 0 Å². The summed E-state index contributed by atoms with van der Waals surface area (Å²) in [6.45, 7) is 5.51. The predicted molar refractivity (Wildman–Crippen MR) is 80.6 cm³/mol. The SMILES string of the molecule is Cc1ccc(NC2CC(C)N(C)C2)c2cccnc12. The van der Waals surface area contributed by atoms with E-state index in [-0.39, 0.29) is 0 Å². The minimum atomic E-state index is 0.533. The monoisotopic (exact) mass is 255 g/mol. The second kappa shape index (κ2) is 4.82. The molecule has 0 amide bonds. The summed E-state index contributed by atoms with van der Waals surface area (Å²) in [4.78, 5) is 6.90. The fraction of sp³-hybridized carbons (Fsp3) is 0.438. The van der Waals surface area contributed by atoms with Crippen molar-refractivity contribution >= 4 is 16.6 Å². The number of nitrogens with one attached hydrogen (secondary N) is 1. The van der Waals surface area contributed by atoms with Crippen molar-refractivity contribution in [3.63, 3.8) is 0 Å². The van der Waals surface area contributed by atoms with Crippen LogP contribution in [-0.4, -0.2) is 35.6 Å². The summed E-state index contributed by atoms with van der Waals surface area (Å²) >= 11 is 0. The van der Waals surface area contributed by atoms with Crippen molar-refractivity contribution in [2.24, 2.45) is 0 Å². The van der Waals surface area contributed by atoms with Gasteiger partial charge in [-0.1, -0.05) is 6.07 Å². The maximum absolute atomic E-state index is 4.50. The second-order valence-corrected chi connectivity index (χ2v) is 5.70. The number of likely N-dealkylation sites (N-methyl/N-ethyl adjacent to an activating group) is 1. The summed E-state index contributed by atoms with van der Waals surface area (Å²) in [6, 6.07) is 9.69. The molecule has 1 aliphatic rings. The molecule has 1 aromatic heterocycles. The molecule has 19 heavy (non-hydrogen) atoms. The lowest BCUT2D eigenvalue weighted by molar-refractivity contribution is 0.330. The van der Waals surface area contributed by atoms with Crippen molar-refractivity contribution in [1.29, 1.82) is 0 Å². The molecule has 3 rings (SSSR count). The van der Waals surface area contributed by atoms with Crippen molar-refractivity contribution < 1.29 is 0 Å². The number of rotatable bonds is 2. The number of likely N-dealkylation sites (tertiary alicyclic amines) is 1. The molecule has 3 heteroatoms. The summed E-state index contributed by atoms with van der Waals surface area (Å²) < 4.78 is 0. The zero-order valence-electron chi connectivity index (χ0n) is 11.9. The molecule has 100 valence electrons. The molecule has 1 fully saturated rings. The Morgan fingerprint density at radius 2 is 2.16 bits per heavy atom. The van der Waals surface area contributed by atoms with Crippen molar-refractivity contribution in [1.82, 2.24) is 9.88 Å². The Bertz CT molecular complexity index is 584. The maximum atomic E-state index is 4.50. The first-order valence-electron chi connectivity index (χ1n) is 6.96. The van der Waals surface area contributed by atoms with Crippen LogP contribution in [0.25, 0.3) is 10.9 Å². The third-order valence-corrected chi connectivity index (χ3v) is 4.22. The highest BCUT2D eigenvalue weighted by Crippen LogP contribution is 2.27. The summed E-state index contributed by atoms with van der Waals surface area (Å²) in [5.41, 5.74) is 3.55. The summed E-state index contributed by atoms with van der Waals surface area (Å²) in [7, 11) is 2.20. The van der Waals surface area contributed by atoms with E-state index in [4.69, 9.17) is 0 Å². The molecule has 0 radical (unpaired) electrons. The van der Waals surface area contributed by atoms with Crippen molar-refractivity contribution in [2.45, 2.75) is 32.4 Å². The molecule has 0 bridgehead atoms. The number of fused-ring (bicyclic) bond motifs is 1. The first kappa shape index (κ1) is 12.4. The highest BCUT2D eigenvalue weighted by Gasteiger charge is 2.26. The molecule has 1 N–H and O–H groups in total. The normalized spacial score (nSPS) is 23.9. The minimum absolute atomic E-state index is 0.533. The van der Waals surface area contributed by atoms with Gasteiger partial charge in [0.15, 0.2) is 0 Å². The quantitative estimate of drug-likeness (QED) is 0.894. The van der Waals surface area contributed by atoms with Gasteiger partial charge in [0.1, 0.15) is 0 Å². The van der Waals surface area contributed by atoms with E-state index in [1.807, 2.05) is 12.3 Å². The largest absolute Gasteiger partial charge is 0.380 e. The molecular formula is C16H21N3. The predicted octanol–water partition coefficient (Wildman–Crippen LogP) is 3.05. The number of anilines is 1. The molecule has 2 unspecified atom stereocenters. The van der Waals surface area contributed by atoms with Crippen LogP contribution in [-0.2, 0) is 0 Å². The van der Waals surface area contributed by atoms with Crippen molar-refractivity contribution in [3.05, 3.63) is 36.0 Å². The van der Waals surface area contributed by atoms with Gasteiger partial charge in [-0.2, -0.15) is 0 Å². The van der Waals surface area contributed by atoms with Crippen LogP contribution in [0.15, 0.2) is 30.5 Å². The lowest BCUT2D eigenvalue weighted by Crippen LogP contribution is -2.24. The van der Waals surface area contributed by atoms with E-state index in [2.05, 4.69) is 54.3 Å². The van der Waals surface area contributed by atoms with Gasteiger partial charge in [0.25, 0.3) is 0 Å². The highest BCUT2D eigenvalue weighted by atomic mass is 15.2. The third-order valence-electron chi connectivity index (χ3n) is 4.22. The number of hydrogen-bond donors (Lipinski definition) is 1. The number of hydrogen-bond acceptors (Lipinski definition) is 3. The molecular weight excluding hydrogens is 234 g/mol. The van der Waals surface area contributed by atoms with Crippen LogP contribution < -0.4 is 5.32 Å². The molecule has 2 heterocycles. The standard InChI is InChI=1S/C16H21N3/c1-11-6-7-15(14-5-4-8-17-16(11)14)18-13-9-12(2)19(3)10-13/h4-8,12-13,18H,9-10H2,1-3H3. The Balaban J connectivity index is 1.92. The Morgan fingerprint density at radius 3 is 2.89 bits per heavy atom. The molecule has 1 aliphatic heterocycles. The Labute approximate surface area is 114 Å². The van der Waals surface area contributed by atoms with E-state index in [1.165, 1.54) is 23.1 Å². The first-order valence-corrected chi connectivity index (χ1v) is 6.96. The van der Waals surface area contributed by atoms with Crippen molar-refractivity contribution in [2.75, 3.05) is 18.9 Å².